The Morgan fingerprint density at radius 1 is 0.931 bits per heavy atom. The van der Waals surface area contributed by atoms with E-state index in [0.29, 0.717) is 5.69 Å². The number of rotatable bonds is 7. The molecule has 10 heteroatoms. The van der Waals surface area contributed by atoms with Crippen LogP contribution < -0.4 is 15.4 Å². The number of carbonyl (C=O) groups excluding carboxylic acids is 4. The van der Waals surface area contributed by atoms with Gasteiger partial charge in [-0.3, -0.25) is 19.7 Å². The van der Waals surface area contributed by atoms with E-state index in [1.54, 1.807) is 0 Å². The molecule has 0 aliphatic carbocycles. The lowest BCUT2D eigenvalue weighted by atomic mass is 10.2. The van der Waals surface area contributed by atoms with Crippen LogP contribution >= 0.6 is 0 Å². The van der Waals surface area contributed by atoms with Crippen LogP contribution in [0.3, 0.4) is 0 Å². The van der Waals surface area contributed by atoms with Gasteiger partial charge >= 0.3 is 12.6 Å². The molecule has 0 fully saturated rings. The first-order chi connectivity index (χ1) is 13.7. The number of hydrogen-bond donors (Lipinski definition) is 2. The number of carbonyl (C=O) groups is 4. The highest BCUT2D eigenvalue weighted by molar-refractivity contribution is 6.05. The van der Waals surface area contributed by atoms with E-state index in [9.17, 15) is 28.0 Å². The molecule has 0 spiro atoms. The molecule has 8 nitrogen and oxygen atoms in total. The Labute approximate surface area is 163 Å². The first-order valence-electron chi connectivity index (χ1n) is 8.18. The minimum Gasteiger partial charge on any atom is -0.452 e. The van der Waals surface area contributed by atoms with Gasteiger partial charge in [0.05, 0.1) is 5.56 Å². The van der Waals surface area contributed by atoms with Crippen molar-refractivity contribution in [2.75, 3.05) is 11.9 Å². The van der Waals surface area contributed by atoms with Crippen LogP contribution in [0.4, 0.5) is 14.5 Å². The molecule has 0 saturated heterocycles. The standard InChI is InChI=1S/C19H16F2N2O6/c1-11(24)22-14-6-2-13(3-7-14)18(27)28-10-16(25)23-17(26)12-4-8-15(9-5-12)29-19(20)21/h2-9,19H,10H2,1H3,(H,22,24)(H,23,25,26). The van der Waals surface area contributed by atoms with E-state index in [4.69, 9.17) is 4.74 Å². The lowest BCUT2D eigenvalue weighted by molar-refractivity contribution is -0.123. The number of nitrogens with one attached hydrogen (secondary N) is 2. The molecule has 3 amide bonds. The largest absolute Gasteiger partial charge is 0.452 e. The summed E-state index contributed by atoms with van der Waals surface area (Å²) in [6.45, 7) is -2.36. The smallest absolute Gasteiger partial charge is 0.387 e. The number of esters is 1. The van der Waals surface area contributed by atoms with E-state index in [2.05, 4.69) is 10.1 Å². The molecule has 0 atom stereocenters. The maximum Gasteiger partial charge on any atom is 0.387 e. The molecule has 0 aromatic heterocycles. The Kier molecular flexibility index (Phi) is 7.35. The van der Waals surface area contributed by atoms with Gasteiger partial charge in [0.25, 0.3) is 11.8 Å². The number of amides is 3. The third-order valence-electron chi connectivity index (χ3n) is 3.37. The van der Waals surface area contributed by atoms with Gasteiger partial charge in [-0.25, -0.2) is 4.79 Å². The van der Waals surface area contributed by atoms with Gasteiger partial charge in [0.15, 0.2) is 6.61 Å². The van der Waals surface area contributed by atoms with Gasteiger partial charge in [-0.2, -0.15) is 8.78 Å². The third kappa shape index (κ3) is 7.01. The summed E-state index contributed by atoms with van der Waals surface area (Å²) in [6.07, 6.45) is 0. The van der Waals surface area contributed by atoms with Gasteiger partial charge < -0.3 is 14.8 Å². The number of halogens is 2. The summed E-state index contributed by atoms with van der Waals surface area (Å²) in [7, 11) is 0. The van der Waals surface area contributed by atoms with Gasteiger partial charge in [0.2, 0.25) is 5.91 Å². The van der Waals surface area contributed by atoms with Crippen molar-refractivity contribution < 1.29 is 37.4 Å². The number of anilines is 1. The van der Waals surface area contributed by atoms with E-state index in [0.717, 1.165) is 12.1 Å². The van der Waals surface area contributed by atoms with Crippen LogP contribution in [0.25, 0.3) is 0 Å². The van der Waals surface area contributed by atoms with Crippen LogP contribution in [0.15, 0.2) is 48.5 Å². The second-order valence-electron chi connectivity index (χ2n) is 5.61. The van der Waals surface area contributed by atoms with Crippen LogP contribution in [0.2, 0.25) is 0 Å². The van der Waals surface area contributed by atoms with Crippen molar-refractivity contribution in [1.29, 1.82) is 0 Å². The van der Waals surface area contributed by atoms with Gasteiger partial charge in [0.1, 0.15) is 5.75 Å². The second-order valence-corrected chi connectivity index (χ2v) is 5.61. The molecule has 0 radical (unpaired) electrons. The van der Waals surface area contributed by atoms with Gasteiger partial charge in [-0.1, -0.05) is 0 Å². The molecule has 0 saturated carbocycles. The minimum atomic E-state index is -2.99. The molecule has 2 N–H and O–H groups in total. The summed E-state index contributed by atoms with van der Waals surface area (Å²) < 4.78 is 33.1. The average molecular weight is 406 g/mol. The van der Waals surface area contributed by atoms with Crippen molar-refractivity contribution in [3.8, 4) is 5.75 Å². The minimum absolute atomic E-state index is 0.0276. The highest BCUT2D eigenvalue weighted by Gasteiger charge is 2.14. The van der Waals surface area contributed by atoms with E-state index in [1.807, 2.05) is 5.32 Å². The zero-order chi connectivity index (χ0) is 21.4. The van der Waals surface area contributed by atoms with E-state index in [1.165, 1.54) is 43.3 Å². The maximum atomic E-state index is 12.1. The fraction of sp³-hybridized carbons (Fsp3) is 0.158. The van der Waals surface area contributed by atoms with Gasteiger partial charge in [0, 0.05) is 18.2 Å². The molecule has 0 aliphatic rings. The van der Waals surface area contributed by atoms with Gasteiger partial charge in [-0.05, 0) is 48.5 Å². The number of benzene rings is 2. The molecule has 2 aromatic rings. The first-order valence-corrected chi connectivity index (χ1v) is 8.18. The van der Waals surface area contributed by atoms with E-state index in [-0.39, 0.29) is 22.8 Å². The fourth-order valence-corrected chi connectivity index (χ4v) is 2.13. The second kappa shape index (κ2) is 9.93. The molecule has 29 heavy (non-hydrogen) atoms. The summed E-state index contributed by atoms with van der Waals surface area (Å²) in [5.74, 6) is -2.87. The summed E-state index contributed by atoms with van der Waals surface area (Å²) in [5.41, 5.74) is 0.662. The third-order valence-corrected chi connectivity index (χ3v) is 3.37. The Balaban J connectivity index is 1.83. The highest BCUT2D eigenvalue weighted by atomic mass is 19.3. The molecule has 2 aromatic carbocycles. The van der Waals surface area contributed by atoms with Crippen LogP contribution in [-0.4, -0.2) is 36.9 Å². The Morgan fingerprint density at radius 3 is 2.07 bits per heavy atom. The average Bonchev–Trinajstić information content (AvgIpc) is 2.66. The Hall–Kier alpha value is -3.82. The molecular formula is C19H16F2N2O6. The zero-order valence-corrected chi connectivity index (χ0v) is 15.1. The molecule has 0 aliphatic heterocycles. The van der Waals surface area contributed by atoms with Crippen molar-refractivity contribution in [2.24, 2.45) is 0 Å². The van der Waals surface area contributed by atoms with Crippen LogP contribution in [0.1, 0.15) is 27.6 Å². The van der Waals surface area contributed by atoms with E-state index < -0.39 is 31.0 Å². The van der Waals surface area contributed by atoms with Crippen LogP contribution in [-0.2, 0) is 14.3 Å². The van der Waals surface area contributed by atoms with E-state index >= 15 is 0 Å². The number of imide groups is 1. The fourth-order valence-electron chi connectivity index (χ4n) is 2.13. The first kappa shape index (κ1) is 21.5. The van der Waals surface area contributed by atoms with Crippen molar-refractivity contribution >= 4 is 29.4 Å². The molecular weight excluding hydrogens is 390 g/mol. The van der Waals surface area contributed by atoms with Crippen molar-refractivity contribution in [3.63, 3.8) is 0 Å². The maximum absolute atomic E-state index is 12.1. The number of alkyl halides is 2. The normalized spacial score (nSPS) is 10.2. The van der Waals surface area contributed by atoms with Crippen LogP contribution in [0, 0.1) is 0 Å². The topological polar surface area (TPSA) is 111 Å². The monoisotopic (exact) mass is 406 g/mol. The van der Waals surface area contributed by atoms with Gasteiger partial charge in [-0.15, -0.1) is 0 Å². The molecule has 0 unspecified atom stereocenters. The predicted octanol–water partition coefficient (Wildman–Crippen LogP) is 2.36. The molecule has 0 bridgehead atoms. The summed E-state index contributed by atoms with van der Waals surface area (Å²) >= 11 is 0. The Morgan fingerprint density at radius 2 is 1.52 bits per heavy atom. The van der Waals surface area contributed by atoms with Crippen LogP contribution in [0.5, 0.6) is 5.75 Å². The van der Waals surface area contributed by atoms with Crippen molar-refractivity contribution in [3.05, 3.63) is 59.7 Å². The number of ether oxygens (including phenoxy) is 2. The predicted molar refractivity (Wildman–Crippen MR) is 96.6 cm³/mol. The zero-order valence-electron chi connectivity index (χ0n) is 15.1. The SMILES string of the molecule is CC(=O)Nc1ccc(C(=O)OCC(=O)NC(=O)c2ccc(OC(F)F)cc2)cc1. The lowest BCUT2D eigenvalue weighted by Crippen LogP contribution is -2.34. The highest BCUT2D eigenvalue weighted by Crippen LogP contribution is 2.15. The number of hydrogen-bond acceptors (Lipinski definition) is 6. The summed E-state index contributed by atoms with van der Waals surface area (Å²) in [6, 6.07) is 10.5. The van der Waals surface area contributed by atoms with Crippen molar-refractivity contribution in [2.45, 2.75) is 13.5 Å². The molecule has 2 rings (SSSR count). The molecule has 0 heterocycles. The molecule has 152 valence electrons. The summed E-state index contributed by atoms with van der Waals surface area (Å²) in [5, 5.41) is 4.54. The quantitative estimate of drug-likeness (QED) is 0.683. The Bertz CT molecular complexity index is 898. The summed E-state index contributed by atoms with van der Waals surface area (Å²) in [4.78, 5) is 46.6. The van der Waals surface area contributed by atoms with Crippen molar-refractivity contribution in [1.82, 2.24) is 5.32 Å². The lowest BCUT2D eigenvalue weighted by Gasteiger charge is -2.08.